The van der Waals surface area contributed by atoms with Crippen molar-refractivity contribution >= 4 is 0 Å². The maximum absolute atomic E-state index is 9.33. The number of hydrogen-bond donors (Lipinski definition) is 2. The molecule has 1 saturated heterocycles. The summed E-state index contributed by atoms with van der Waals surface area (Å²) in [6.07, 6.45) is 9.19. The van der Waals surface area contributed by atoms with E-state index in [0.717, 1.165) is 6.42 Å². The Morgan fingerprint density at radius 2 is 1.71 bits per heavy atom. The van der Waals surface area contributed by atoms with Crippen molar-refractivity contribution in [2.75, 3.05) is 33.3 Å². The van der Waals surface area contributed by atoms with Gasteiger partial charge in [0, 0.05) is 5.54 Å². The first-order chi connectivity index (χ1) is 8.20. The van der Waals surface area contributed by atoms with E-state index in [1.807, 2.05) is 7.05 Å². The predicted molar refractivity (Wildman–Crippen MR) is 73.3 cm³/mol. The fraction of sp³-hybridized carbons (Fsp3) is 1.00. The summed E-state index contributed by atoms with van der Waals surface area (Å²) in [6.45, 7) is 6.06. The summed E-state index contributed by atoms with van der Waals surface area (Å²) in [4.78, 5) is 2.60. The van der Waals surface area contributed by atoms with Crippen LogP contribution in [0.1, 0.15) is 51.9 Å². The van der Waals surface area contributed by atoms with E-state index < -0.39 is 0 Å². The highest BCUT2D eigenvalue weighted by molar-refractivity contribution is 4.80. The van der Waals surface area contributed by atoms with Gasteiger partial charge >= 0.3 is 0 Å². The van der Waals surface area contributed by atoms with Crippen LogP contribution in [0.15, 0.2) is 0 Å². The highest BCUT2D eigenvalue weighted by Crippen LogP contribution is 2.14. The number of likely N-dealkylation sites (N-methyl/N-ethyl adjacent to an activating group) is 1. The van der Waals surface area contributed by atoms with E-state index in [0.29, 0.717) is 0 Å². The molecule has 1 aliphatic heterocycles. The number of likely N-dealkylation sites (tertiary alicyclic amines) is 1. The van der Waals surface area contributed by atoms with Crippen LogP contribution in [0.25, 0.3) is 0 Å². The first-order valence-corrected chi connectivity index (χ1v) is 7.22. The van der Waals surface area contributed by atoms with Crippen molar-refractivity contribution in [3.63, 3.8) is 0 Å². The lowest BCUT2D eigenvalue weighted by Crippen LogP contribution is -2.44. The second-order valence-corrected chi connectivity index (χ2v) is 5.68. The molecule has 0 amide bonds. The topological polar surface area (TPSA) is 35.5 Å². The maximum Gasteiger partial charge on any atom is 0.0610 e. The molecule has 0 aliphatic carbocycles. The molecule has 1 aliphatic rings. The van der Waals surface area contributed by atoms with Gasteiger partial charge in [0.1, 0.15) is 0 Å². The monoisotopic (exact) mass is 242 g/mol. The van der Waals surface area contributed by atoms with E-state index >= 15 is 0 Å². The van der Waals surface area contributed by atoms with Crippen LogP contribution >= 0.6 is 0 Å². The van der Waals surface area contributed by atoms with Crippen molar-refractivity contribution in [3.8, 4) is 0 Å². The average molecular weight is 242 g/mol. The zero-order valence-corrected chi connectivity index (χ0v) is 11.7. The molecule has 17 heavy (non-hydrogen) atoms. The lowest BCUT2D eigenvalue weighted by molar-refractivity contribution is 0.161. The van der Waals surface area contributed by atoms with Crippen molar-refractivity contribution in [3.05, 3.63) is 0 Å². The molecular weight excluding hydrogens is 212 g/mol. The highest BCUT2D eigenvalue weighted by Gasteiger charge is 2.20. The number of nitrogens with one attached hydrogen (secondary N) is 1. The molecule has 2 N–H and O–H groups in total. The Morgan fingerprint density at radius 1 is 1.12 bits per heavy atom. The Labute approximate surface area is 107 Å². The third kappa shape index (κ3) is 5.84. The van der Waals surface area contributed by atoms with Crippen LogP contribution in [0, 0.1) is 0 Å². The van der Waals surface area contributed by atoms with Gasteiger partial charge in [-0.25, -0.2) is 0 Å². The minimum Gasteiger partial charge on any atom is -0.394 e. The molecule has 0 bridgehead atoms. The molecule has 102 valence electrons. The molecule has 1 heterocycles. The van der Waals surface area contributed by atoms with Crippen LogP contribution in [-0.4, -0.2) is 48.8 Å². The lowest BCUT2D eigenvalue weighted by atomic mass is 9.97. The Kier molecular flexibility index (Phi) is 7.09. The normalized spacial score (nSPS) is 22.8. The fourth-order valence-electron chi connectivity index (χ4n) is 2.51. The fourth-order valence-corrected chi connectivity index (χ4v) is 2.51. The van der Waals surface area contributed by atoms with E-state index in [2.05, 4.69) is 17.1 Å². The van der Waals surface area contributed by atoms with Crippen molar-refractivity contribution in [2.24, 2.45) is 0 Å². The highest BCUT2D eigenvalue weighted by atomic mass is 16.3. The summed E-state index contributed by atoms with van der Waals surface area (Å²) in [5.41, 5.74) is -0.0945. The van der Waals surface area contributed by atoms with Crippen molar-refractivity contribution in [1.82, 2.24) is 10.2 Å². The molecule has 1 rings (SSSR count). The summed E-state index contributed by atoms with van der Waals surface area (Å²) in [7, 11) is 1.94. The van der Waals surface area contributed by atoms with Crippen molar-refractivity contribution in [2.45, 2.75) is 57.4 Å². The molecule has 1 unspecified atom stereocenters. The molecule has 1 atom stereocenters. The van der Waals surface area contributed by atoms with Crippen LogP contribution < -0.4 is 5.32 Å². The first-order valence-electron chi connectivity index (χ1n) is 7.22. The molecule has 0 aromatic heterocycles. The van der Waals surface area contributed by atoms with Gasteiger partial charge in [-0.05, 0) is 59.3 Å². The molecule has 3 heteroatoms. The summed E-state index contributed by atoms with van der Waals surface area (Å²) < 4.78 is 0. The van der Waals surface area contributed by atoms with E-state index in [1.165, 1.54) is 58.2 Å². The van der Waals surface area contributed by atoms with Gasteiger partial charge in [0.25, 0.3) is 0 Å². The third-order valence-corrected chi connectivity index (χ3v) is 4.10. The van der Waals surface area contributed by atoms with E-state index in [-0.39, 0.29) is 12.1 Å². The van der Waals surface area contributed by atoms with E-state index in [4.69, 9.17) is 0 Å². The molecule has 1 fully saturated rings. The first kappa shape index (κ1) is 14.9. The maximum atomic E-state index is 9.33. The smallest absolute Gasteiger partial charge is 0.0610 e. The Balaban J connectivity index is 2.19. The third-order valence-electron chi connectivity index (χ3n) is 4.10. The summed E-state index contributed by atoms with van der Waals surface area (Å²) >= 11 is 0. The van der Waals surface area contributed by atoms with E-state index in [9.17, 15) is 5.11 Å². The van der Waals surface area contributed by atoms with Gasteiger partial charge in [-0.2, -0.15) is 0 Å². The minimum atomic E-state index is -0.0945. The van der Waals surface area contributed by atoms with Gasteiger partial charge in [-0.3, -0.25) is 0 Å². The number of aliphatic hydroxyl groups excluding tert-OH is 1. The van der Waals surface area contributed by atoms with Crippen molar-refractivity contribution < 1.29 is 5.11 Å². The predicted octanol–water partition coefficient (Wildman–Crippen LogP) is 2.00. The Hall–Kier alpha value is -0.120. The molecule has 0 aromatic rings. The molecule has 0 saturated carbocycles. The van der Waals surface area contributed by atoms with E-state index in [1.54, 1.807) is 0 Å². The zero-order chi connectivity index (χ0) is 12.6. The Bertz CT molecular complexity index is 185. The summed E-state index contributed by atoms with van der Waals surface area (Å²) in [5, 5.41) is 12.5. The second-order valence-electron chi connectivity index (χ2n) is 5.68. The zero-order valence-electron chi connectivity index (χ0n) is 11.7. The number of hydrogen-bond acceptors (Lipinski definition) is 3. The van der Waals surface area contributed by atoms with Crippen LogP contribution in [0.2, 0.25) is 0 Å². The SMILES string of the molecule is CNC(C)(CO)CCCN1CCCCCCC1. The van der Waals surface area contributed by atoms with Crippen LogP contribution in [0.3, 0.4) is 0 Å². The van der Waals surface area contributed by atoms with Gasteiger partial charge in [0.2, 0.25) is 0 Å². The van der Waals surface area contributed by atoms with Crippen LogP contribution in [0.4, 0.5) is 0 Å². The molecule has 0 aromatic carbocycles. The minimum absolute atomic E-state index is 0.0945. The molecular formula is C14H30N2O. The largest absolute Gasteiger partial charge is 0.394 e. The number of nitrogens with zero attached hydrogens (tertiary/aromatic N) is 1. The molecule has 3 nitrogen and oxygen atoms in total. The Morgan fingerprint density at radius 3 is 2.24 bits per heavy atom. The van der Waals surface area contributed by atoms with Crippen LogP contribution in [0.5, 0.6) is 0 Å². The van der Waals surface area contributed by atoms with Crippen molar-refractivity contribution in [1.29, 1.82) is 0 Å². The average Bonchev–Trinajstić information content (AvgIpc) is 2.31. The molecule has 0 radical (unpaired) electrons. The van der Waals surface area contributed by atoms with Crippen LogP contribution in [-0.2, 0) is 0 Å². The number of aliphatic hydroxyl groups is 1. The molecule has 0 spiro atoms. The lowest BCUT2D eigenvalue weighted by Gasteiger charge is -2.29. The summed E-state index contributed by atoms with van der Waals surface area (Å²) in [6, 6.07) is 0. The second kappa shape index (κ2) is 8.06. The van der Waals surface area contributed by atoms with Gasteiger partial charge in [-0.1, -0.05) is 19.3 Å². The standard InChI is InChI=1S/C14H30N2O/c1-14(13-17,15-2)9-8-12-16-10-6-4-3-5-7-11-16/h15,17H,3-13H2,1-2H3. The number of rotatable bonds is 6. The van der Waals surface area contributed by atoms with Gasteiger partial charge in [-0.15, -0.1) is 0 Å². The summed E-state index contributed by atoms with van der Waals surface area (Å²) in [5.74, 6) is 0. The quantitative estimate of drug-likeness (QED) is 0.748. The van der Waals surface area contributed by atoms with Gasteiger partial charge in [0.05, 0.1) is 6.61 Å². The van der Waals surface area contributed by atoms with Gasteiger partial charge < -0.3 is 15.3 Å². The van der Waals surface area contributed by atoms with Gasteiger partial charge in [0.15, 0.2) is 0 Å².